The maximum absolute atomic E-state index is 13.6. The highest BCUT2D eigenvalue weighted by molar-refractivity contribution is 5.99. The molecule has 42 heavy (non-hydrogen) atoms. The van der Waals surface area contributed by atoms with Crippen LogP contribution in [0.15, 0.2) is 76.9 Å². The monoisotopic (exact) mass is 579 g/mol. The van der Waals surface area contributed by atoms with Gasteiger partial charge in [0.25, 0.3) is 6.20 Å². The van der Waals surface area contributed by atoms with Gasteiger partial charge in [-0.2, -0.15) is 13.2 Å². The molecule has 1 aliphatic carbocycles. The summed E-state index contributed by atoms with van der Waals surface area (Å²) in [5.74, 6) is -0.337. The maximum atomic E-state index is 13.6. The summed E-state index contributed by atoms with van der Waals surface area (Å²) < 4.78 is 47.7. The second kappa shape index (κ2) is 12.4. The van der Waals surface area contributed by atoms with E-state index in [0.717, 1.165) is 54.5 Å². The Labute approximate surface area is 239 Å². The predicted molar refractivity (Wildman–Crippen MR) is 145 cm³/mol. The molecule has 2 amide bonds. The maximum Gasteiger partial charge on any atom is 0.416 e. The van der Waals surface area contributed by atoms with Gasteiger partial charge in [0.1, 0.15) is 6.33 Å². The summed E-state index contributed by atoms with van der Waals surface area (Å²) in [4.78, 5) is 24.7. The minimum absolute atomic E-state index is 0.0166. The Morgan fingerprint density at radius 3 is 2.69 bits per heavy atom. The van der Waals surface area contributed by atoms with Crippen molar-refractivity contribution < 1.29 is 32.3 Å². The number of alkyl halides is 3. The molecule has 0 saturated heterocycles. The average molecular weight is 580 g/mol. The van der Waals surface area contributed by atoms with E-state index in [0.29, 0.717) is 0 Å². The van der Waals surface area contributed by atoms with Crippen molar-refractivity contribution in [2.45, 2.75) is 57.2 Å². The van der Waals surface area contributed by atoms with Crippen LogP contribution >= 0.6 is 0 Å². The molecule has 4 aromatic rings. The van der Waals surface area contributed by atoms with Crippen molar-refractivity contribution in [2.75, 3.05) is 10.6 Å². The number of rotatable bonds is 7. The van der Waals surface area contributed by atoms with E-state index < -0.39 is 23.7 Å². The summed E-state index contributed by atoms with van der Waals surface area (Å²) in [6, 6.07) is 9.07. The molecule has 2 heterocycles. The van der Waals surface area contributed by atoms with Gasteiger partial charge in [-0.15, -0.1) is 0 Å². The van der Waals surface area contributed by atoms with Gasteiger partial charge in [0.15, 0.2) is 6.04 Å². The zero-order valence-corrected chi connectivity index (χ0v) is 22.6. The highest BCUT2D eigenvalue weighted by Gasteiger charge is 2.33. The average Bonchev–Trinajstić information content (AvgIpc) is 3.42. The quantitative estimate of drug-likeness (QED) is 0.175. The fraction of sp³-hybridized carbons (Fsp3) is 0.310. The predicted octanol–water partition coefficient (Wildman–Crippen LogP) is 5.26. The fourth-order valence-electron chi connectivity index (χ4n) is 5.05. The third kappa shape index (κ3) is 7.28. The Morgan fingerprint density at radius 2 is 1.93 bits per heavy atom. The van der Waals surface area contributed by atoms with Crippen LogP contribution in [0.3, 0.4) is 0 Å². The number of aliphatic imine (C=N–C) groups is 1. The number of nitrogens with one attached hydrogen (secondary N) is 2. The molecule has 0 spiro atoms. The van der Waals surface area contributed by atoms with E-state index in [-0.39, 0.29) is 35.6 Å². The number of halogens is 3. The highest BCUT2D eigenvalue weighted by Crippen LogP contribution is 2.36. The summed E-state index contributed by atoms with van der Waals surface area (Å²) in [7, 11) is 0. The summed E-state index contributed by atoms with van der Waals surface area (Å²) in [6.07, 6.45) is 5.44. The first-order chi connectivity index (χ1) is 20.1. The number of aryl methyl sites for hydroxylation is 1. The van der Waals surface area contributed by atoms with Crippen LogP contribution in [0, 0.1) is 6.92 Å². The molecule has 0 unspecified atom stereocenters. The largest absolute Gasteiger partial charge is 0.861 e. The minimum Gasteiger partial charge on any atom is -0.861 e. The van der Waals surface area contributed by atoms with Crippen LogP contribution in [-0.4, -0.2) is 27.2 Å². The van der Waals surface area contributed by atoms with Gasteiger partial charge in [-0.3, -0.25) is 14.8 Å². The van der Waals surface area contributed by atoms with E-state index in [2.05, 4.69) is 30.9 Å². The van der Waals surface area contributed by atoms with Crippen molar-refractivity contribution >= 4 is 29.2 Å². The number of amides is 2. The normalized spacial score (nSPS) is 17.6. The second-order valence-corrected chi connectivity index (χ2v) is 10.2. The Morgan fingerprint density at radius 1 is 1.14 bits per heavy atom. The van der Waals surface area contributed by atoms with Gasteiger partial charge in [0.05, 0.1) is 11.3 Å². The van der Waals surface area contributed by atoms with E-state index in [1.165, 1.54) is 18.6 Å². The SMILES string of the molecule is Cc1ccccc1CC([O-])=Nc1cc(NC(=O)Nc2c[n+]([C@H]3CCC[C@@H](c4cncnc4)C3)no2)cc(C(F)(F)F)c1. The van der Waals surface area contributed by atoms with Crippen LogP contribution in [-0.2, 0) is 12.6 Å². The van der Waals surface area contributed by atoms with Crippen molar-refractivity contribution in [3.8, 4) is 0 Å². The number of hydrogen-bond acceptors (Lipinski definition) is 7. The highest BCUT2D eigenvalue weighted by atomic mass is 19.4. The van der Waals surface area contributed by atoms with Crippen LogP contribution in [0.5, 0.6) is 0 Å². The van der Waals surface area contributed by atoms with Crippen molar-refractivity contribution in [2.24, 2.45) is 4.99 Å². The smallest absolute Gasteiger partial charge is 0.416 e. The zero-order valence-electron chi connectivity index (χ0n) is 22.6. The van der Waals surface area contributed by atoms with E-state index in [1.807, 2.05) is 19.1 Å². The van der Waals surface area contributed by atoms with Crippen LogP contribution in [0.2, 0.25) is 0 Å². The number of anilines is 2. The molecule has 0 aliphatic heterocycles. The lowest BCUT2D eigenvalue weighted by Crippen LogP contribution is -2.42. The minimum atomic E-state index is -4.72. The van der Waals surface area contributed by atoms with Crippen molar-refractivity contribution in [1.29, 1.82) is 0 Å². The van der Waals surface area contributed by atoms with E-state index in [1.54, 1.807) is 29.2 Å². The molecule has 2 N–H and O–H groups in total. The van der Waals surface area contributed by atoms with Gasteiger partial charge in [0.2, 0.25) is 5.27 Å². The molecule has 10 nitrogen and oxygen atoms in total. The van der Waals surface area contributed by atoms with Crippen LogP contribution in [0.4, 0.5) is 35.2 Å². The Bertz CT molecular complexity index is 1570. The molecule has 2 aromatic heterocycles. The van der Waals surface area contributed by atoms with Crippen molar-refractivity contribution in [3.63, 3.8) is 0 Å². The molecule has 2 atom stereocenters. The van der Waals surface area contributed by atoms with Gasteiger partial charge in [-0.1, -0.05) is 24.3 Å². The number of aromatic nitrogens is 4. The first-order valence-corrected chi connectivity index (χ1v) is 13.4. The van der Waals surface area contributed by atoms with Gasteiger partial charge in [-0.05, 0) is 71.2 Å². The molecular weight excluding hydrogens is 551 g/mol. The summed E-state index contributed by atoms with van der Waals surface area (Å²) >= 11 is 0. The van der Waals surface area contributed by atoms with Gasteiger partial charge >= 0.3 is 18.1 Å². The molecule has 1 fully saturated rings. The van der Waals surface area contributed by atoms with Crippen molar-refractivity contribution in [3.05, 3.63) is 89.6 Å². The lowest BCUT2D eigenvalue weighted by atomic mass is 9.82. The fourth-order valence-corrected chi connectivity index (χ4v) is 5.05. The number of nitrogens with zero attached hydrogens (tertiary/aromatic N) is 5. The lowest BCUT2D eigenvalue weighted by molar-refractivity contribution is -0.787. The number of hydrogen-bond donors (Lipinski definition) is 2. The van der Waals surface area contributed by atoms with E-state index in [4.69, 9.17) is 4.52 Å². The number of benzene rings is 2. The first kappa shape index (κ1) is 28.7. The molecule has 1 saturated carbocycles. The van der Waals surface area contributed by atoms with E-state index in [9.17, 15) is 23.1 Å². The molecule has 2 aromatic carbocycles. The standard InChI is InChI=1S/C29H28F3N7O3/c1-18-5-2-3-6-19(18)10-26(40)35-23-11-22(29(30,31)32)12-24(13-23)36-28(41)37-27-16-39(38-42-27)25-8-4-7-20(9-25)21-14-33-17-34-15-21/h2-3,5-6,11-17,20,25H,4,7-10H2,1H3,(H2-,35,36,37,38,40,41)/t20-,25+/m1/s1. The van der Waals surface area contributed by atoms with Crippen LogP contribution < -0.4 is 20.4 Å². The van der Waals surface area contributed by atoms with Crippen LogP contribution in [0.25, 0.3) is 0 Å². The molecule has 0 bridgehead atoms. The molecule has 218 valence electrons. The third-order valence-electron chi connectivity index (χ3n) is 7.15. The Balaban J connectivity index is 1.27. The van der Waals surface area contributed by atoms with Gasteiger partial charge < -0.3 is 10.4 Å². The number of carbonyl (C=O) groups excluding carboxylic acids is 1. The third-order valence-corrected chi connectivity index (χ3v) is 7.15. The Hall–Kier alpha value is -4.81. The number of urea groups is 1. The topological polar surface area (TPSA) is 132 Å². The van der Waals surface area contributed by atoms with E-state index >= 15 is 0 Å². The zero-order chi connectivity index (χ0) is 29.7. The van der Waals surface area contributed by atoms with Gasteiger partial charge in [0, 0.05) is 37.3 Å². The summed E-state index contributed by atoms with van der Waals surface area (Å²) in [6.45, 7) is 1.83. The Kier molecular flexibility index (Phi) is 8.46. The first-order valence-electron chi connectivity index (χ1n) is 13.4. The van der Waals surface area contributed by atoms with Crippen molar-refractivity contribution in [1.82, 2.24) is 15.2 Å². The molecule has 0 radical (unpaired) electrons. The lowest BCUT2D eigenvalue weighted by Gasteiger charge is -2.23. The number of carbonyl (C=O) groups is 1. The molecule has 5 rings (SSSR count). The van der Waals surface area contributed by atoms with Gasteiger partial charge in [-0.25, -0.2) is 14.8 Å². The second-order valence-electron chi connectivity index (χ2n) is 10.2. The van der Waals surface area contributed by atoms with Crippen LogP contribution in [0.1, 0.15) is 59.9 Å². The molecule has 1 aliphatic rings. The summed E-state index contributed by atoms with van der Waals surface area (Å²) in [5, 5.41) is 21.4. The summed E-state index contributed by atoms with van der Waals surface area (Å²) in [5.41, 5.74) is 1.15. The molecular formula is C29H28F3N7O3. The molecule has 13 heteroatoms.